The zero-order valence-corrected chi connectivity index (χ0v) is 12.4. The molecular formula is C16H22N2O2. The Morgan fingerprint density at radius 1 is 1.45 bits per heavy atom. The second-order valence-electron chi connectivity index (χ2n) is 4.41. The average Bonchev–Trinajstić information content (AvgIpc) is 2.46. The number of benzene rings is 1. The number of ether oxygens (including phenoxy) is 1. The minimum absolute atomic E-state index is 0.0194. The number of carbonyl (C=O) groups excluding carboxylic acids is 1. The molecule has 0 aliphatic carbocycles. The van der Waals surface area contributed by atoms with Crippen molar-refractivity contribution in [2.75, 3.05) is 33.4 Å². The van der Waals surface area contributed by atoms with Crippen molar-refractivity contribution in [1.29, 1.82) is 0 Å². The molecule has 0 aliphatic rings. The predicted octanol–water partition coefficient (Wildman–Crippen LogP) is 1.41. The van der Waals surface area contributed by atoms with E-state index in [0.29, 0.717) is 31.8 Å². The van der Waals surface area contributed by atoms with Crippen LogP contribution in [0.3, 0.4) is 0 Å². The Hall–Kier alpha value is -1.83. The summed E-state index contributed by atoms with van der Waals surface area (Å²) >= 11 is 0. The van der Waals surface area contributed by atoms with Gasteiger partial charge in [-0.25, -0.2) is 0 Å². The van der Waals surface area contributed by atoms with E-state index in [1.165, 1.54) is 0 Å². The van der Waals surface area contributed by atoms with Gasteiger partial charge < -0.3 is 15.4 Å². The summed E-state index contributed by atoms with van der Waals surface area (Å²) in [6.07, 6.45) is 0. The van der Waals surface area contributed by atoms with Gasteiger partial charge in [-0.05, 0) is 37.6 Å². The molecule has 2 N–H and O–H groups in total. The molecular weight excluding hydrogens is 252 g/mol. The predicted molar refractivity (Wildman–Crippen MR) is 80.6 cm³/mol. The van der Waals surface area contributed by atoms with Gasteiger partial charge in [-0.2, -0.15) is 0 Å². The Balaban J connectivity index is 2.90. The number of nitrogens with zero attached hydrogens (tertiary/aromatic N) is 1. The molecule has 1 amide bonds. The van der Waals surface area contributed by atoms with Crippen LogP contribution in [-0.2, 0) is 4.74 Å². The summed E-state index contributed by atoms with van der Waals surface area (Å²) in [5.74, 6) is 5.84. The molecule has 1 rings (SSSR count). The topological polar surface area (TPSA) is 55.6 Å². The normalized spacial score (nSPS) is 9.80. The first-order valence-corrected chi connectivity index (χ1v) is 6.71. The average molecular weight is 274 g/mol. The molecule has 1 aromatic rings. The van der Waals surface area contributed by atoms with Crippen molar-refractivity contribution in [1.82, 2.24) is 4.90 Å². The first-order chi connectivity index (χ1) is 9.63. The molecule has 0 fully saturated rings. The molecule has 20 heavy (non-hydrogen) atoms. The highest BCUT2D eigenvalue weighted by Gasteiger charge is 2.14. The van der Waals surface area contributed by atoms with Crippen molar-refractivity contribution in [3.8, 4) is 11.8 Å². The number of hydrogen-bond donors (Lipinski definition) is 1. The molecule has 1 aromatic carbocycles. The van der Waals surface area contributed by atoms with E-state index in [4.69, 9.17) is 10.5 Å². The van der Waals surface area contributed by atoms with Crippen LogP contribution in [0.5, 0.6) is 0 Å². The summed E-state index contributed by atoms with van der Waals surface area (Å²) in [6.45, 7) is 6.04. The number of amides is 1. The summed E-state index contributed by atoms with van der Waals surface area (Å²) in [5, 5.41) is 0. The lowest BCUT2D eigenvalue weighted by atomic mass is 10.0. The molecule has 4 nitrogen and oxygen atoms in total. The second kappa shape index (κ2) is 8.36. The van der Waals surface area contributed by atoms with Gasteiger partial charge in [0.05, 0.1) is 13.2 Å². The summed E-state index contributed by atoms with van der Waals surface area (Å²) in [4.78, 5) is 14.1. The SMILES string of the molecule is CCN(CCOC)C(=O)c1ccc(C#CCN)c(C)c1. The molecule has 0 bridgehead atoms. The molecule has 0 spiro atoms. The number of rotatable bonds is 5. The van der Waals surface area contributed by atoms with E-state index in [1.54, 1.807) is 12.0 Å². The van der Waals surface area contributed by atoms with Gasteiger partial charge >= 0.3 is 0 Å². The number of methoxy groups -OCH3 is 1. The summed E-state index contributed by atoms with van der Waals surface area (Å²) < 4.78 is 5.02. The lowest BCUT2D eigenvalue weighted by Crippen LogP contribution is -2.33. The van der Waals surface area contributed by atoms with Crippen LogP contribution in [-0.4, -0.2) is 44.2 Å². The van der Waals surface area contributed by atoms with Gasteiger partial charge in [-0.1, -0.05) is 11.8 Å². The maximum Gasteiger partial charge on any atom is 0.253 e. The summed E-state index contributed by atoms with van der Waals surface area (Å²) in [6, 6.07) is 5.55. The van der Waals surface area contributed by atoms with Crippen LogP contribution in [0.2, 0.25) is 0 Å². The van der Waals surface area contributed by atoms with Crippen LogP contribution in [0.15, 0.2) is 18.2 Å². The van der Waals surface area contributed by atoms with Crippen molar-refractivity contribution < 1.29 is 9.53 Å². The summed E-state index contributed by atoms with van der Waals surface area (Å²) in [5.41, 5.74) is 7.94. The van der Waals surface area contributed by atoms with Gasteiger partial charge in [0.25, 0.3) is 5.91 Å². The van der Waals surface area contributed by atoms with Crippen molar-refractivity contribution in [3.63, 3.8) is 0 Å². The molecule has 4 heteroatoms. The zero-order chi connectivity index (χ0) is 15.0. The Labute approximate surface area is 120 Å². The Kier molecular flexibility index (Phi) is 6.78. The van der Waals surface area contributed by atoms with Gasteiger partial charge in [0.1, 0.15) is 0 Å². The summed E-state index contributed by atoms with van der Waals surface area (Å²) in [7, 11) is 1.63. The largest absolute Gasteiger partial charge is 0.383 e. The Bertz CT molecular complexity index is 515. The van der Waals surface area contributed by atoms with Crippen LogP contribution >= 0.6 is 0 Å². The molecule has 0 saturated carbocycles. The van der Waals surface area contributed by atoms with Crippen LogP contribution in [0.25, 0.3) is 0 Å². The van der Waals surface area contributed by atoms with E-state index in [2.05, 4.69) is 11.8 Å². The Morgan fingerprint density at radius 2 is 2.20 bits per heavy atom. The maximum atomic E-state index is 12.4. The van der Waals surface area contributed by atoms with Crippen LogP contribution in [0.4, 0.5) is 0 Å². The highest BCUT2D eigenvalue weighted by molar-refractivity contribution is 5.94. The minimum Gasteiger partial charge on any atom is -0.383 e. The van der Waals surface area contributed by atoms with Crippen LogP contribution in [0.1, 0.15) is 28.4 Å². The van der Waals surface area contributed by atoms with Crippen molar-refractivity contribution in [2.45, 2.75) is 13.8 Å². The molecule has 108 valence electrons. The first-order valence-electron chi connectivity index (χ1n) is 6.71. The highest BCUT2D eigenvalue weighted by Crippen LogP contribution is 2.12. The lowest BCUT2D eigenvalue weighted by molar-refractivity contribution is 0.0706. The van der Waals surface area contributed by atoms with Gasteiger partial charge in [-0.3, -0.25) is 4.79 Å². The fourth-order valence-electron chi connectivity index (χ4n) is 1.87. The quantitative estimate of drug-likeness (QED) is 0.826. The first kappa shape index (κ1) is 16.2. The zero-order valence-electron chi connectivity index (χ0n) is 12.4. The maximum absolute atomic E-state index is 12.4. The fourth-order valence-corrected chi connectivity index (χ4v) is 1.87. The molecule has 0 aromatic heterocycles. The monoisotopic (exact) mass is 274 g/mol. The third-order valence-corrected chi connectivity index (χ3v) is 3.03. The van der Waals surface area contributed by atoms with Crippen molar-refractivity contribution in [3.05, 3.63) is 34.9 Å². The van der Waals surface area contributed by atoms with E-state index in [-0.39, 0.29) is 5.91 Å². The smallest absolute Gasteiger partial charge is 0.253 e. The van der Waals surface area contributed by atoms with Gasteiger partial charge in [0.2, 0.25) is 0 Å². The molecule has 0 heterocycles. The highest BCUT2D eigenvalue weighted by atomic mass is 16.5. The third kappa shape index (κ3) is 4.37. The fraction of sp³-hybridized carbons (Fsp3) is 0.438. The molecule has 0 unspecified atom stereocenters. The van der Waals surface area contributed by atoms with Crippen molar-refractivity contribution in [2.24, 2.45) is 5.73 Å². The standard InChI is InChI=1S/C16H22N2O2/c1-4-18(10-11-20-3)16(19)15-8-7-14(6-5-9-17)13(2)12-15/h7-8,12H,4,9-11,17H2,1-3H3. The number of aryl methyl sites for hydroxylation is 1. The molecule has 0 atom stereocenters. The van der Waals surface area contributed by atoms with Gasteiger partial charge in [-0.15, -0.1) is 0 Å². The molecule has 0 aliphatic heterocycles. The number of hydrogen-bond acceptors (Lipinski definition) is 3. The second-order valence-corrected chi connectivity index (χ2v) is 4.41. The van der Waals surface area contributed by atoms with E-state index in [0.717, 1.165) is 11.1 Å². The van der Waals surface area contributed by atoms with E-state index in [9.17, 15) is 4.79 Å². The third-order valence-electron chi connectivity index (χ3n) is 3.03. The molecule has 0 radical (unpaired) electrons. The van der Waals surface area contributed by atoms with Crippen LogP contribution < -0.4 is 5.73 Å². The lowest BCUT2D eigenvalue weighted by Gasteiger charge is -2.20. The van der Waals surface area contributed by atoms with E-state index >= 15 is 0 Å². The number of likely N-dealkylation sites (N-methyl/N-ethyl adjacent to an activating group) is 1. The van der Waals surface area contributed by atoms with E-state index in [1.807, 2.05) is 32.0 Å². The Morgan fingerprint density at radius 3 is 2.75 bits per heavy atom. The minimum atomic E-state index is 0.0194. The number of nitrogens with two attached hydrogens (primary N) is 1. The van der Waals surface area contributed by atoms with Gasteiger partial charge in [0, 0.05) is 31.3 Å². The van der Waals surface area contributed by atoms with Crippen molar-refractivity contribution >= 4 is 5.91 Å². The van der Waals surface area contributed by atoms with Gasteiger partial charge in [0.15, 0.2) is 0 Å². The van der Waals surface area contributed by atoms with E-state index < -0.39 is 0 Å². The number of carbonyl (C=O) groups is 1. The van der Waals surface area contributed by atoms with Crippen LogP contribution in [0, 0.1) is 18.8 Å². The molecule has 0 saturated heterocycles.